The average Bonchev–Trinajstić information content (AvgIpc) is 4.24. The molecule has 4 N–H and O–H groups in total. The molecule has 2 fully saturated rings. The van der Waals surface area contributed by atoms with E-state index in [2.05, 4.69) is 40.9 Å². The van der Waals surface area contributed by atoms with Crippen molar-refractivity contribution in [2.24, 2.45) is 5.73 Å². The molecule has 0 spiro atoms. The third-order valence-corrected chi connectivity index (χ3v) is 13.6. The summed E-state index contributed by atoms with van der Waals surface area (Å²) >= 11 is 3.30. The van der Waals surface area contributed by atoms with E-state index >= 15 is 0 Å². The molecule has 344 valence electrons. The number of carboxylic acids is 1. The van der Waals surface area contributed by atoms with E-state index < -0.39 is 5.97 Å². The lowest BCUT2D eigenvalue weighted by molar-refractivity contribution is 0.0486. The number of hydrogen-bond donors (Lipinski definition) is 3. The van der Waals surface area contributed by atoms with E-state index in [9.17, 15) is 9.59 Å². The topological polar surface area (TPSA) is 240 Å². The van der Waals surface area contributed by atoms with E-state index in [1.807, 2.05) is 53.9 Å². The second-order valence-electron chi connectivity index (χ2n) is 15.9. The minimum Gasteiger partial charge on any atom is -0.478 e. The molecule has 67 heavy (non-hydrogen) atoms. The van der Waals surface area contributed by atoms with Gasteiger partial charge in [-0.05, 0) is 74.2 Å². The van der Waals surface area contributed by atoms with Crippen LogP contribution < -0.4 is 11.1 Å². The Kier molecular flexibility index (Phi) is 15.0. The summed E-state index contributed by atoms with van der Waals surface area (Å²) in [6.45, 7) is 7.35. The van der Waals surface area contributed by atoms with Crippen LogP contribution in [0, 0.1) is 13.8 Å². The monoisotopic (exact) mass is 940 g/mol. The van der Waals surface area contributed by atoms with Crippen molar-refractivity contribution < 1.29 is 33.2 Å². The number of pyridine rings is 2. The molecule has 1 amide bonds. The van der Waals surface area contributed by atoms with Gasteiger partial charge in [0.05, 0.1) is 28.3 Å². The summed E-state index contributed by atoms with van der Waals surface area (Å²) in [5, 5.41) is 25.8. The van der Waals surface area contributed by atoms with Crippen molar-refractivity contribution in [2.45, 2.75) is 50.4 Å². The molecule has 0 atom stereocenters. The molecule has 0 saturated carbocycles. The maximum absolute atomic E-state index is 13.0. The standard InChI is InChI=1S/C24H23N5O3S.C14H17N3OS.C10H8N2O3/c1-16-27-21(29-32-16)17-5-4-6-18(13-17)22(30)26-15-24(8-11-31-12-9-24)23-28-20(14-33-23)19-7-2-3-10-25-19;15-10-14(4-7-18-8-5-14)13-17-12(9-19-13)11-3-1-2-6-16-11;1-6-11-9(12-15-6)7-3-2-4-8(5-7)10(13)14/h2-7,10,13-14H,8-9,11-12,15H2,1H3,(H,26,30);1-3,6,9H,4-5,7-8,10,15H2;2-5H,1H3,(H,13,14). The molecule has 2 aliphatic rings. The molecule has 2 aromatic carbocycles. The van der Waals surface area contributed by atoms with Gasteiger partial charge in [0, 0.05) is 104 Å². The second-order valence-corrected chi connectivity index (χ2v) is 17.6. The summed E-state index contributed by atoms with van der Waals surface area (Å²) in [7, 11) is 0. The highest BCUT2D eigenvalue weighted by Gasteiger charge is 2.38. The van der Waals surface area contributed by atoms with Crippen LogP contribution in [0.2, 0.25) is 0 Å². The Bertz CT molecular complexity index is 2870. The summed E-state index contributed by atoms with van der Waals surface area (Å²) in [4.78, 5) is 50.5. The number of amides is 1. The van der Waals surface area contributed by atoms with Crippen LogP contribution in [-0.4, -0.2) is 96.7 Å². The maximum atomic E-state index is 13.0. The number of aromatic carboxylic acids is 1. The van der Waals surface area contributed by atoms with Crippen LogP contribution in [0.1, 0.15) is 68.2 Å². The molecule has 2 aliphatic heterocycles. The molecule has 6 aromatic heterocycles. The Morgan fingerprint density at radius 3 is 1.60 bits per heavy atom. The minimum absolute atomic E-state index is 0.00402. The predicted molar refractivity (Wildman–Crippen MR) is 251 cm³/mol. The van der Waals surface area contributed by atoms with Gasteiger partial charge in [0.2, 0.25) is 23.4 Å². The van der Waals surface area contributed by atoms with Crippen molar-refractivity contribution in [1.82, 2.24) is 45.5 Å². The van der Waals surface area contributed by atoms with Gasteiger partial charge in [-0.1, -0.05) is 46.7 Å². The number of hydrogen-bond acceptors (Lipinski definition) is 17. The van der Waals surface area contributed by atoms with Gasteiger partial charge in [-0.3, -0.25) is 14.8 Å². The third kappa shape index (κ3) is 11.4. The van der Waals surface area contributed by atoms with Gasteiger partial charge in [0.15, 0.2) is 0 Å². The Labute approximate surface area is 393 Å². The van der Waals surface area contributed by atoms with Crippen LogP contribution in [0.25, 0.3) is 45.6 Å². The Morgan fingerprint density at radius 2 is 1.13 bits per heavy atom. The lowest BCUT2D eigenvalue weighted by Crippen LogP contribution is -2.44. The average molecular weight is 941 g/mol. The van der Waals surface area contributed by atoms with E-state index in [1.165, 1.54) is 12.1 Å². The Hall–Kier alpha value is -6.90. The highest BCUT2D eigenvalue weighted by atomic mass is 32.1. The van der Waals surface area contributed by atoms with Gasteiger partial charge in [0.1, 0.15) is 10.0 Å². The summed E-state index contributed by atoms with van der Waals surface area (Å²) in [6.07, 6.45) is 7.07. The van der Waals surface area contributed by atoms with Gasteiger partial charge in [-0.25, -0.2) is 14.8 Å². The highest BCUT2D eigenvalue weighted by molar-refractivity contribution is 7.10. The van der Waals surface area contributed by atoms with E-state index in [0.717, 1.165) is 77.3 Å². The number of aromatic nitrogens is 8. The first-order chi connectivity index (χ1) is 32.6. The molecule has 0 aliphatic carbocycles. The zero-order valence-corrected chi connectivity index (χ0v) is 38.5. The van der Waals surface area contributed by atoms with Crippen molar-refractivity contribution in [3.05, 3.63) is 141 Å². The fraction of sp³-hybridized carbons (Fsp3) is 0.292. The number of thiazole rings is 2. The van der Waals surface area contributed by atoms with Gasteiger partial charge in [0.25, 0.3) is 5.91 Å². The van der Waals surface area contributed by atoms with Crippen LogP contribution in [0.15, 0.2) is 117 Å². The van der Waals surface area contributed by atoms with Crippen LogP contribution >= 0.6 is 22.7 Å². The van der Waals surface area contributed by atoms with Crippen molar-refractivity contribution in [3.8, 4) is 45.6 Å². The summed E-state index contributed by atoms with van der Waals surface area (Å²) < 4.78 is 20.9. The van der Waals surface area contributed by atoms with Crippen molar-refractivity contribution in [2.75, 3.05) is 39.5 Å². The second kappa shape index (κ2) is 21.6. The highest BCUT2D eigenvalue weighted by Crippen LogP contribution is 2.39. The summed E-state index contributed by atoms with van der Waals surface area (Å²) in [5.74, 6) is 0.672. The SMILES string of the molecule is Cc1nc(-c2cccc(C(=O)NCC3(c4nc(-c5ccccn5)cs4)CCOCC3)c2)no1.Cc1nc(-c2cccc(C(=O)O)c2)no1.NCC1(c2nc(-c3ccccn3)cs2)CCOCC1. The van der Waals surface area contributed by atoms with E-state index in [4.69, 9.17) is 39.3 Å². The third-order valence-electron chi connectivity index (χ3n) is 11.5. The Morgan fingerprint density at radius 1 is 0.642 bits per heavy atom. The number of carboxylic acid groups (broad SMARTS) is 1. The van der Waals surface area contributed by atoms with Crippen molar-refractivity contribution in [1.29, 1.82) is 0 Å². The van der Waals surface area contributed by atoms with Crippen molar-refractivity contribution in [3.63, 3.8) is 0 Å². The number of ether oxygens (including phenoxy) is 2. The lowest BCUT2D eigenvalue weighted by Gasteiger charge is -2.35. The first kappa shape index (κ1) is 46.6. The Balaban J connectivity index is 0.000000151. The fourth-order valence-electron chi connectivity index (χ4n) is 7.57. The first-order valence-electron chi connectivity index (χ1n) is 21.6. The number of carbonyl (C=O) groups excluding carboxylic acids is 1. The fourth-order valence-corrected chi connectivity index (χ4v) is 9.73. The molecular weight excluding hydrogens is 893 g/mol. The number of nitrogens with two attached hydrogens (primary N) is 1. The maximum Gasteiger partial charge on any atom is 0.335 e. The summed E-state index contributed by atoms with van der Waals surface area (Å²) in [5.41, 5.74) is 11.4. The predicted octanol–water partition coefficient (Wildman–Crippen LogP) is 8.00. The van der Waals surface area contributed by atoms with Gasteiger partial charge >= 0.3 is 5.97 Å². The molecule has 0 bridgehead atoms. The van der Waals surface area contributed by atoms with Gasteiger partial charge < -0.3 is 34.7 Å². The minimum atomic E-state index is -0.975. The molecule has 19 heteroatoms. The van der Waals surface area contributed by atoms with Crippen LogP contribution in [-0.2, 0) is 20.3 Å². The molecule has 2 saturated heterocycles. The van der Waals surface area contributed by atoms with E-state index in [-0.39, 0.29) is 22.3 Å². The van der Waals surface area contributed by atoms with Crippen LogP contribution in [0.5, 0.6) is 0 Å². The number of aryl methyl sites for hydroxylation is 2. The molecule has 8 aromatic rings. The van der Waals surface area contributed by atoms with E-state index in [0.29, 0.717) is 60.9 Å². The largest absolute Gasteiger partial charge is 0.478 e. The molecule has 17 nitrogen and oxygen atoms in total. The number of nitrogens with one attached hydrogen (secondary N) is 1. The van der Waals surface area contributed by atoms with Gasteiger partial charge in [-0.2, -0.15) is 9.97 Å². The zero-order valence-electron chi connectivity index (χ0n) is 36.8. The summed E-state index contributed by atoms with van der Waals surface area (Å²) in [6, 6.07) is 25.3. The van der Waals surface area contributed by atoms with Crippen LogP contribution in [0.3, 0.4) is 0 Å². The van der Waals surface area contributed by atoms with Crippen molar-refractivity contribution >= 4 is 34.6 Å². The number of rotatable bonds is 11. The van der Waals surface area contributed by atoms with Crippen LogP contribution in [0.4, 0.5) is 0 Å². The molecule has 10 rings (SSSR count). The molecule has 0 radical (unpaired) electrons. The number of carbonyl (C=O) groups is 2. The molecule has 8 heterocycles. The van der Waals surface area contributed by atoms with E-state index in [1.54, 1.807) is 73.2 Å². The number of benzene rings is 2. The molecular formula is C48H48N10O7S2. The van der Waals surface area contributed by atoms with Gasteiger partial charge in [-0.15, -0.1) is 22.7 Å². The first-order valence-corrected chi connectivity index (χ1v) is 23.3. The smallest absolute Gasteiger partial charge is 0.335 e. The quantitative estimate of drug-likeness (QED) is 0.111. The number of nitrogens with zero attached hydrogens (tertiary/aromatic N) is 8. The lowest BCUT2D eigenvalue weighted by atomic mass is 9.80. The zero-order chi connectivity index (χ0) is 46.6. The molecule has 0 unspecified atom stereocenters. The normalized spacial score (nSPS) is 15.0.